The van der Waals surface area contributed by atoms with Gasteiger partial charge in [0.25, 0.3) is 0 Å². The monoisotopic (exact) mass is 195 g/mol. The van der Waals surface area contributed by atoms with Crippen LogP contribution in [0.2, 0.25) is 0 Å². The van der Waals surface area contributed by atoms with Crippen molar-refractivity contribution in [2.45, 2.75) is 0 Å². The Hall–Kier alpha value is -2.27. The molecule has 0 atom stereocenters. The Morgan fingerprint density at radius 2 is 1.93 bits per heavy atom. The van der Waals surface area contributed by atoms with Crippen molar-refractivity contribution in [3.05, 3.63) is 48.0 Å². The van der Waals surface area contributed by atoms with Gasteiger partial charge in [-0.2, -0.15) is 5.26 Å². The van der Waals surface area contributed by atoms with Crippen LogP contribution in [-0.4, -0.2) is 5.11 Å². The normalized spacial score (nSPS) is 9.80. The molecule has 0 aliphatic rings. The predicted molar refractivity (Wildman–Crippen MR) is 60.4 cm³/mol. The van der Waals surface area contributed by atoms with Gasteiger partial charge >= 0.3 is 0 Å². The number of rotatable bonds is 1. The van der Waals surface area contributed by atoms with E-state index in [-0.39, 0.29) is 5.75 Å². The molecule has 0 aliphatic carbocycles. The van der Waals surface area contributed by atoms with E-state index in [0.717, 1.165) is 16.3 Å². The standard InChI is InChI=1S/C13H9NO/c1-2-10-9(8-14)7-13(15)12-6-4-3-5-11(10)12/h2-7,15H,1H2. The van der Waals surface area contributed by atoms with E-state index < -0.39 is 0 Å². The van der Waals surface area contributed by atoms with Gasteiger partial charge in [0, 0.05) is 5.39 Å². The van der Waals surface area contributed by atoms with E-state index in [1.165, 1.54) is 6.07 Å². The molecule has 72 valence electrons. The number of nitriles is 1. The number of aromatic hydroxyl groups is 1. The van der Waals surface area contributed by atoms with Crippen molar-refractivity contribution in [2.24, 2.45) is 0 Å². The van der Waals surface area contributed by atoms with E-state index in [0.29, 0.717) is 5.56 Å². The third kappa shape index (κ3) is 1.35. The van der Waals surface area contributed by atoms with Crippen LogP contribution in [0.5, 0.6) is 5.75 Å². The van der Waals surface area contributed by atoms with Gasteiger partial charge in [-0.1, -0.05) is 36.9 Å². The zero-order chi connectivity index (χ0) is 10.8. The van der Waals surface area contributed by atoms with Crippen LogP contribution in [0.3, 0.4) is 0 Å². The summed E-state index contributed by atoms with van der Waals surface area (Å²) in [7, 11) is 0. The molecule has 0 saturated carbocycles. The van der Waals surface area contributed by atoms with Crippen LogP contribution in [0, 0.1) is 11.3 Å². The smallest absolute Gasteiger partial charge is 0.124 e. The van der Waals surface area contributed by atoms with Gasteiger partial charge in [0.1, 0.15) is 5.75 Å². The van der Waals surface area contributed by atoms with Crippen LogP contribution in [0.15, 0.2) is 36.9 Å². The summed E-state index contributed by atoms with van der Waals surface area (Å²) >= 11 is 0. The van der Waals surface area contributed by atoms with Crippen molar-refractivity contribution in [2.75, 3.05) is 0 Å². The molecule has 2 rings (SSSR count). The van der Waals surface area contributed by atoms with E-state index in [2.05, 4.69) is 6.58 Å². The van der Waals surface area contributed by atoms with Crippen LogP contribution >= 0.6 is 0 Å². The second-order valence-corrected chi connectivity index (χ2v) is 3.22. The fourth-order valence-electron chi connectivity index (χ4n) is 1.69. The fourth-order valence-corrected chi connectivity index (χ4v) is 1.69. The Balaban J connectivity index is 2.99. The summed E-state index contributed by atoms with van der Waals surface area (Å²) < 4.78 is 0. The molecule has 15 heavy (non-hydrogen) atoms. The van der Waals surface area contributed by atoms with Gasteiger partial charge in [-0.15, -0.1) is 0 Å². The number of benzene rings is 2. The molecule has 0 bridgehead atoms. The number of hydrogen-bond donors (Lipinski definition) is 1. The average molecular weight is 195 g/mol. The van der Waals surface area contributed by atoms with Gasteiger partial charge in [-0.25, -0.2) is 0 Å². The lowest BCUT2D eigenvalue weighted by molar-refractivity contribution is 0.481. The summed E-state index contributed by atoms with van der Waals surface area (Å²) in [6.45, 7) is 3.69. The molecule has 2 aromatic carbocycles. The summed E-state index contributed by atoms with van der Waals surface area (Å²) in [5, 5.41) is 20.2. The van der Waals surface area contributed by atoms with Crippen LogP contribution in [0.4, 0.5) is 0 Å². The molecule has 0 heterocycles. The Morgan fingerprint density at radius 3 is 2.53 bits per heavy atom. The fraction of sp³-hybridized carbons (Fsp3) is 0. The highest BCUT2D eigenvalue weighted by Crippen LogP contribution is 2.30. The lowest BCUT2D eigenvalue weighted by atomic mass is 9.99. The molecule has 0 aromatic heterocycles. The van der Waals surface area contributed by atoms with Gasteiger partial charge < -0.3 is 5.11 Å². The molecule has 0 unspecified atom stereocenters. The zero-order valence-corrected chi connectivity index (χ0v) is 8.07. The van der Waals surface area contributed by atoms with Crippen LogP contribution < -0.4 is 0 Å². The Bertz CT molecular complexity index is 579. The van der Waals surface area contributed by atoms with Crippen molar-refractivity contribution in [1.29, 1.82) is 5.26 Å². The predicted octanol–water partition coefficient (Wildman–Crippen LogP) is 3.06. The van der Waals surface area contributed by atoms with Crippen LogP contribution in [0.25, 0.3) is 16.8 Å². The highest BCUT2D eigenvalue weighted by atomic mass is 16.3. The SMILES string of the molecule is C=Cc1c(C#N)cc(O)c2ccccc12. The summed E-state index contributed by atoms with van der Waals surface area (Å²) in [4.78, 5) is 0. The lowest BCUT2D eigenvalue weighted by Gasteiger charge is -2.06. The van der Waals surface area contributed by atoms with Gasteiger partial charge in [-0.05, 0) is 17.0 Å². The highest BCUT2D eigenvalue weighted by molar-refractivity contribution is 5.96. The summed E-state index contributed by atoms with van der Waals surface area (Å²) in [6.07, 6.45) is 1.64. The molecule has 2 nitrogen and oxygen atoms in total. The maximum Gasteiger partial charge on any atom is 0.124 e. The average Bonchev–Trinajstić information content (AvgIpc) is 2.29. The largest absolute Gasteiger partial charge is 0.507 e. The minimum Gasteiger partial charge on any atom is -0.507 e. The first kappa shape index (κ1) is 9.29. The minimum atomic E-state index is 0.132. The van der Waals surface area contributed by atoms with Gasteiger partial charge in [0.2, 0.25) is 0 Å². The Kier molecular flexibility index (Phi) is 2.15. The molecule has 0 aliphatic heterocycles. The second-order valence-electron chi connectivity index (χ2n) is 3.22. The molecular formula is C13H9NO. The second kappa shape index (κ2) is 3.47. The maximum absolute atomic E-state index is 9.72. The van der Waals surface area contributed by atoms with E-state index >= 15 is 0 Å². The van der Waals surface area contributed by atoms with Gasteiger partial charge in [-0.3, -0.25) is 0 Å². The summed E-state index contributed by atoms with van der Waals surface area (Å²) in [5.41, 5.74) is 1.21. The molecule has 1 N–H and O–H groups in total. The topological polar surface area (TPSA) is 44.0 Å². The number of hydrogen-bond acceptors (Lipinski definition) is 2. The van der Waals surface area contributed by atoms with Crippen molar-refractivity contribution in [1.82, 2.24) is 0 Å². The molecule has 0 spiro atoms. The third-order valence-electron chi connectivity index (χ3n) is 2.39. The Labute approximate surface area is 87.7 Å². The lowest BCUT2D eigenvalue weighted by Crippen LogP contribution is -1.85. The molecule has 0 amide bonds. The summed E-state index contributed by atoms with van der Waals surface area (Å²) in [6, 6.07) is 10.9. The van der Waals surface area contributed by atoms with Crippen molar-refractivity contribution in [3.8, 4) is 11.8 Å². The highest BCUT2D eigenvalue weighted by Gasteiger charge is 2.08. The molecule has 2 heteroatoms. The first-order valence-corrected chi connectivity index (χ1v) is 4.55. The van der Waals surface area contributed by atoms with Gasteiger partial charge in [0.05, 0.1) is 11.6 Å². The first-order valence-electron chi connectivity index (χ1n) is 4.55. The van der Waals surface area contributed by atoms with E-state index in [9.17, 15) is 5.11 Å². The van der Waals surface area contributed by atoms with Gasteiger partial charge in [0.15, 0.2) is 0 Å². The van der Waals surface area contributed by atoms with E-state index in [1.807, 2.05) is 30.3 Å². The van der Waals surface area contributed by atoms with E-state index in [1.54, 1.807) is 6.08 Å². The minimum absolute atomic E-state index is 0.132. The first-order chi connectivity index (χ1) is 7.27. The molecule has 0 saturated heterocycles. The van der Waals surface area contributed by atoms with Crippen molar-refractivity contribution in [3.63, 3.8) is 0 Å². The number of phenols is 1. The molecule has 0 radical (unpaired) electrons. The van der Waals surface area contributed by atoms with Crippen molar-refractivity contribution < 1.29 is 5.11 Å². The third-order valence-corrected chi connectivity index (χ3v) is 2.39. The quantitative estimate of drug-likeness (QED) is 0.759. The number of nitrogens with zero attached hydrogens (tertiary/aromatic N) is 1. The Morgan fingerprint density at radius 1 is 1.27 bits per heavy atom. The van der Waals surface area contributed by atoms with E-state index in [4.69, 9.17) is 5.26 Å². The zero-order valence-electron chi connectivity index (χ0n) is 8.07. The van der Waals surface area contributed by atoms with Crippen molar-refractivity contribution >= 4 is 16.8 Å². The van der Waals surface area contributed by atoms with Crippen LogP contribution in [0.1, 0.15) is 11.1 Å². The van der Waals surface area contributed by atoms with Crippen LogP contribution in [-0.2, 0) is 0 Å². The summed E-state index contributed by atoms with van der Waals surface area (Å²) in [5.74, 6) is 0.132. The maximum atomic E-state index is 9.72. The number of phenolic OH excluding ortho intramolecular Hbond substituents is 1. The molecular weight excluding hydrogens is 186 g/mol. The molecule has 0 fully saturated rings. The molecule has 2 aromatic rings. The number of fused-ring (bicyclic) bond motifs is 1.